The first-order valence-electron chi connectivity index (χ1n) is 5.84. The molecular weight excluding hydrogens is 200 g/mol. The van der Waals surface area contributed by atoms with E-state index < -0.39 is 0 Å². The Morgan fingerprint density at radius 2 is 1.94 bits per heavy atom. The molecule has 0 unspecified atom stereocenters. The van der Waals surface area contributed by atoms with E-state index in [9.17, 15) is 4.79 Å². The van der Waals surface area contributed by atoms with Gasteiger partial charge in [-0.3, -0.25) is 4.79 Å². The molecule has 1 fully saturated rings. The van der Waals surface area contributed by atoms with Crippen molar-refractivity contribution in [2.45, 2.75) is 26.2 Å². The second kappa shape index (κ2) is 4.56. The van der Waals surface area contributed by atoms with Crippen molar-refractivity contribution in [3.05, 3.63) is 23.8 Å². The molecule has 0 radical (unpaired) electrons. The highest BCUT2D eigenvalue weighted by molar-refractivity contribution is 5.96. The van der Waals surface area contributed by atoms with Gasteiger partial charge in [-0.25, -0.2) is 0 Å². The second-order valence-corrected chi connectivity index (χ2v) is 4.38. The average Bonchev–Trinajstić information content (AvgIpc) is 2.30. The van der Waals surface area contributed by atoms with E-state index in [-0.39, 0.29) is 5.78 Å². The number of nitrogen functional groups attached to an aromatic ring is 1. The van der Waals surface area contributed by atoms with Gasteiger partial charge in [0.1, 0.15) is 0 Å². The largest absolute Gasteiger partial charge is 0.397 e. The zero-order chi connectivity index (χ0) is 11.5. The van der Waals surface area contributed by atoms with Crippen molar-refractivity contribution in [3.63, 3.8) is 0 Å². The van der Waals surface area contributed by atoms with E-state index >= 15 is 0 Å². The first-order chi connectivity index (χ1) is 7.68. The molecule has 0 atom stereocenters. The van der Waals surface area contributed by atoms with Gasteiger partial charge in [0, 0.05) is 18.7 Å². The van der Waals surface area contributed by atoms with Crippen LogP contribution in [0.25, 0.3) is 0 Å². The standard InChI is InChI=1S/C13H18N2O/c1-10(16)11-5-6-13(12(14)9-11)15-7-3-2-4-8-15/h5-6,9H,2-4,7-8,14H2,1H3. The van der Waals surface area contributed by atoms with E-state index in [2.05, 4.69) is 4.90 Å². The summed E-state index contributed by atoms with van der Waals surface area (Å²) in [5.41, 5.74) is 8.48. The monoisotopic (exact) mass is 218 g/mol. The summed E-state index contributed by atoms with van der Waals surface area (Å²) in [4.78, 5) is 13.5. The van der Waals surface area contributed by atoms with E-state index in [1.54, 1.807) is 13.0 Å². The Balaban J connectivity index is 2.24. The highest BCUT2D eigenvalue weighted by atomic mass is 16.1. The number of hydrogen-bond donors (Lipinski definition) is 1. The quantitative estimate of drug-likeness (QED) is 0.612. The van der Waals surface area contributed by atoms with Crippen LogP contribution >= 0.6 is 0 Å². The van der Waals surface area contributed by atoms with E-state index in [1.807, 2.05) is 12.1 Å². The maximum atomic E-state index is 11.2. The summed E-state index contributed by atoms with van der Waals surface area (Å²) >= 11 is 0. The van der Waals surface area contributed by atoms with Gasteiger partial charge in [0.2, 0.25) is 0 Å². The number of carbonyl (C=O) groups is 1. The lowest BCUT2D eigenvalue weighted by Gasteiger charge is -2.29. The van der Waals surface area contributed by atoms with Gasteiger partial charge in [0.05, 0.1) is 11.4 Å². The Labute approximate surface area is 96.2 Å². The van der Waals surface area contributed by atoms with Crippen LogP contribution < -0.4 is 10.6 Å². The number of Topliss-reactive ketones (excluding diaryl/α,β-unsaturated/α-hetero) is 1. The molecule has 3 nitrogen and oxygen atoms in total. The molecule has 86 valence electrons. The Kier molecular flexibility index (Phi) is 3.13. The molecule has 0 aromatic heterocycles. The Morgan fingerprint density at radius 3 is 2.50 bits per heavy atom. The third-order valence-corrected chi connectivity index (χ3v) is 3.13. The van der Waals surface area contributed by atoms with Crippen LogP contribution in [-0.4, -0.2) is 18.9 Å². The van der Waals surface area contributed by atoms with Crippen molar-refractivity contribution in [3.8, 4) is 0 Å². The fourth-order valence-corrected chi connectivity index (χ4v) is 2.20. The Morgan fingerprint density at radius 1 is 1.25 bits per heavy atom. The molecule has 1 heterocycles. The normalized spacial score (nSPS) is 16.2. The van der Waals surface area contributed by atoms with E-state index in [0.29, 0.717) is 5.56 Å². The second-order valence-electron chi connectivity index (χ2n) is 4.38. The van der Waals surface area contributed by atoms with Crippen LogP contribution in [0.4, 0.5) is 11.4 Å². The van der Waals surface area contributed by atoms with Crippen LogP contribution in [0.15, 0.2) is 18.2 Å². The van der Waals surface area contributed by atoms with E-state index in [0.717, 1.165) is 24.5 Å². The molecule has 1 saturated heterocycles. The minimum atomic E-state index is 0.0666. The molecule has 16 heavy (non-hydrogen) atoms. The van der Waals surface area contributed by atoms with Crippen LogP contribution in [0.3, 0.4) is 0 Å². The molecule has 2 rings (SSSR count). The number of ketones is 1. The molecule has 1 aromatic rings. The molecule has 2 N–H and O–H groups in total. The molecule has 1 aliphatic rings. The van der Waals surface area contributed by atoms with E-state index in [1.165, 1.54) is 19.3 Å². The predicted molar refractivity (Wildman–Crippen MR) is 66.9 cm³/mol. The van der Waals surface area contributed by atoms with Crippen molar-refractivity contribution < 1.29 is 4.79 Å². The molecule has 0 saturated carbocycles. The Bertz CT molecular complexity index is 395. The third-order valence-electron chi connectivity index (χ3n) is 3.13. The topological polar surface area (TPSA) is 46.3 Å². The summed E-state index contributed by atoms with van der Waals surface area (Å²) in [6.45, 7) is 3.71. The summed E-state index contributed by atoms with van der Waals surface area (Å²) in [6.07, 6.45) is 3.77. The average molecular weight is 218 g/mol. The smallest absolute Gasteiger partial charge is 0.159 e. The summed E-state index contributed by atoms with van der Waals surface area (Å²) in [5, 5.41) is 0. The van der Waals surface area contributed by atoms with Crippen LogP contribution in [0.1, 0.15) is 36.5 Å². The highest BCUT2D eigenvalue weighted by Crippen LogP contribution is 2.27. The molecule has 1 aromatic carbocycles. The lowest BCUT2D eigenvalue weighted by Crippen LogP contribution is -2.30. The molecular formula is C13H18N2O. The zero-order valence-electron chi connectivity index (χ0n) is 9.70. The highest BCUT2D eigenvalue weighted by Gasteiger charge is 2.14. The molecule has 0 bridgehead atoms. The minimum absolute atomic E-state index is 0.0666. The van der Waals surface area contributed by atoms with Gasteiger partial charge < -0.3 is 10.6 Å². The lowest BCUT2D eigenvalue weighted by atomic mass is 10.1. The van der Waals surface area contributed by atoms with Gasteiger partial charge in [-0.1, -0.05) is 0 Å². The van der Waals surface area contributed by atoms with Crippen molar-refractivity contribution in [2.24, 2.45) is 0 Å². The van der Waals surface area contributed by atoms with Crippen molar-refractivity contribution in [1.82, 2.24) is 0 Å². The van der Waals surface area contributed by atoms with Gasteiger partial charge in [-0.05, 0) is 44.4 Å². The van der Waals surface area contributed by atoms with Crippen LogP contribution in [0.2, 0.25) is 0 Å². The number of nitrogens with two attached hydrogens (primary N) is 1. The molecule has 0 amide bonds. The summed E-state index contributed by atoms with van der Waals surface area (Å²) in [5.74, 6) is 0.0666. The summed E-state index contributed by atoms with van der Waals surface area (Å²) in [7, 11) is 0. The maximum absolute atomic E-state index is 11.2. The minimum Gasteiger partial charge on any atom is -0.397 e. The number of hydrogen-bond acceptors (Lipinski definition) is 3. The Hall–Kier alpha value is -1.51. The molecule has 3 heteroatoms. The van der Waals surface area contributed by atoms with Crippen LogP contribution in [0, 0.1) is 0 Å². The van der Waals surface area contributed by atoms with Gasteiger partial charge >= 0.3 is 0 Å². The maximum Gasteiger partial charge on any atom is 0.159 e. The van der Waals surface area contributed by atoms with Gasteiger partial charge in [-0.2, -0.15) is 0 Å². The third kappa shape index (κ3) is 2.18. The summed E-state index contributed by atoms with van der Waals surface area (Å²) < 4.78 is 0. The number of benzene rings is 1. The zero-order valence-corrected chi connectivity index (χ0v) is 9.70. The summed E-state index contributed by atoms with van der Waals surface area (Å²) in [6, 6.07) is 5.62. The molecule has 1 aliphatic heterocycles. The van der Waals surface area contributed by atoms with Gasteiger partial charge in [-0.15, -0.1) is 0 Å². The number of piperidine rings is 1. The van der Waals surface area contributed by atoms with Crippen LogP contribution in [-0.2, 0) is 0 Å². The fourth-order valence-electron chi connectivity index (χ4n) is 2.20. The molecule has 0 spiro atoms. The first kappa shape index (κ1) is 11.0. The number of anilines is 2. The van der Waals surface area contributed by atoms with E-state index in [4.69, 9.17) is 5.73 Å². The number of carbonyl (C=O) groups excluding carboxylic acids is 1. The number of rotatable bonds is 2. The van der Waals surface area contributed by atoms with Crippen molar-refractivity contribution in [2.75, 3.05) is 23.7 Å². The predicted octanol–water partition coefficient (Wildman–Crippen LogP) is 2.46. The lowest BCUT2D eigenvalue weighted by molar-refractivity contribution is 0.101. The fraction of sp³-hybridized carbons (Fsp3) is 0.462. The van der Waals surface area contributed by atoms with Crippen LogP contribution in [0.5, 0.6) is 0 Å². The first-order valence-corrected chi connectivity index (χ1v) is 5.84. The van der Waals surface area contributed by atoms with Crippen molar-refractivity contribution >= 4 is 17.2 Å². The van der Waals surface area contributed by atoms with Gasteiger partial charge in [0.25, 0.3) is 0 Å². The molecule has 0 aliphatic carbocycles. The number of nitrogens with zero attached hydrogens (tertiary/aromatic N) is 1. The SMILES string of the molecule is CC(=O)c1ccc(N2CCCCC2)c(N)c1. The van der Waals surface area contributed by atoms with Gasteiger partial charge in [0.15, 0.2) is 5.78 Å². The van der Waals surface area contributed by atoms with Crippen molar-refractivity contribution in [1.29, 1.82) is 0 Å².